The highest BCUT2D eigenvalue weighted by molar-refractivity contribution is 5.41. The predicted octanol–water partition coefficient (Wildman–Crippen LogP) is 2.46. The van der Waals surface area contributed by atoms with Crippen LogP contribution in [0.3, 0.4) is 0 Å². The normalized spacial score (nSPS) is 14.6. The van der Waals surface area contributed by atoms with E-state index < -0.39 is 5.60 Å². The van der Waals surface area contributed by atoms with Gasteiger partial charge in [-0.3, -0.25) is 0 Å². The number of hydrogen-bond donors (Lipinski definition) is 2. The molecule has 0 saturated heterocycles. The van der Waals surface area contributed by atoms with Crippen LogP contribution in [0.2, 0.25) is 0 Å². The smallest absolute Gasteiger partial charge is 0.125 e. The first-order valence-corrected chi connectivity index (χ1v) is 6.54. The van der Waals surface area contributed by atoms with Crippen LogP contribution in [-0.2, 0) is 5.60 Å². The molecule has 0 saturated carbocycles. The van der Waals surface area contributed by atoms with E-state index in [1.807, 2.05) is 45.9 Å². The number of aliphatic hydroxyl groups is 1. The summed E-state index contributed by atoms with van der Waals surface area (Å²) >= 11 is 0. The first kappa shape index (κ1) is 15.0. The Balaban J connectivity index is 3.23. The van der Waals surface area contributed by atoms with E-state index in [1.165, 1.54) is 0 Å². The molecule has 3 nitrogen and oxygen atoms in total. The van der Waals surface area contributed by atoms with Crippen LogP contribution >= 0.6 is 0 Å². The van der Waals surface area contributed by atoms with E-state index in [9.17, 15) is 5.11 Å². The maximum Gasteiger partial charge on any atom is 0.125 e. The molecule has 0 aliphatic rings. The van der Waals surface area contributed by atoms with Gasteiger partial charge in [0.05, 0.1) is 7.11 Å². The van der Waals surface area contributed by atoms with Crippen molar-refractivity contribution in [1.82, 2.24) is 5.32 Å². The van der Waals surface area contributed by atoms with Gasteiger partial charge in [-0.2, -0.15) is 0 Å². The number of benzene rings is 1. The average Bonchev–Trinajstić information content (AvgIpc) is 2.35. The van der Waals surface area contributed by atoms with E-state index in [0.717, 1.165) is 23.4 Å². The van der Waals surface area contributed by atoms with E-state index in [2.05, 4.69) is 5.32 Å². The van der Waals surface area contributed by atoms with Gasteiger partial charge in [0.2, 0.25) is 0 Å². The van der Waals surface area contributed by atoms with E-state index >= 15 is 0 Å². The lowest BCUT2D eigenvalue weighted by Gasteiger charge is -2.34. The zero-order valence-electron chi connectivity index (χ0n) is 12.1. The second-order valence-electron chi connectivity index (χ2n) is 5.06. The van der Waals surface area contributed by atoms with Gasteiger partial charge in [-0.05, 0) is 31.5 Å². The number of hydrogen-bond acceptors (Lipinski definition) is 3. The average molecular weight is 251 g/mol. The summed E-state index contributed by atoms with van der Waals surface area (Å²) < 4.78 is 5.39. The van der Waals surface area contributed by atoms with Crippen LogP contribution in [0.5, 0.6) is 5.75 Å². The number of aryl methyl sites for hydroxylation is 1. The minimum Gasteiger partial charge on any atom is -0.496 e. The SMILES string of the molecule is CCNCC(O)(c1cc(C)ccc1OC)C(C)C. The molecule has 1 atom stereocenters. The molecule has 18 heavy (non-hydrogen) atoms. The van der Waals surface area contributed by atoms with Crippen LogP contribution in [0, 0.1) is 12.8 Å². The molecule has 0 fully saturated rings. The fraction of sp³-hybridized carbons (Fsp3) is 0.600. The van der Waals surface area contributed by atoms with Crippen LogP contribution in [0.25, 0.3) is 0 Å². The molecule has 1 rings (SSSR count). The highest BCUT2D eigenvalue weighted by Crippen LogP contribution is 2.36. The first-order valence-electron chi connectivity index (χ1n) is 6.54. The highest BCUT2D eigenvalue weighted by atomic mass is 16.5. The molecule has 1 unspecified atom stereocenters. The van der Waals surface area contributed by atoms with Gasteiger partial charge < -0.3 is 15.2 Å². The molecular formula is C15H25NO2. The topological polar surface area (TPSA) is 41.5 Å². The molecule has 0 aromatic heterocycles. The summed E-state index contributed by atoms with van der Waals surface area (Å²) in [5.74, 6) is 0.849. The van der Waals surface area contributed by atoms with Gasteiger partial charge in [-0.15, -0.1) is 0 Å². The van der Waals surface area contributed by atoms with Gasteiger partial charge in [0.15, 0.2) is 0 Å². The van der Waals surface area contributed by atoms with Crippen molar-refractivity contribution < 1.29 is 9.84 Å². The quantitative estimate of drug-likeness (QED) is 0.816. The molecule has 102 valence electrons. The van der Waals surface area contributed by atoms with Crippen molar-refractivity contribution in [2.24, 2.45) is 5.92 Å². The first-order chi connectivity index (χ1) is 8.45. The fourth-order valence-corrected chi connectivity index (χ4v) is 2.09. The van der Waals surface area contributed by atoms with Crippen LogP contribution in [0.1, 0.15) is 31.9 Å². The fourth-order valence-electron chi connectivity index (χ4n) is 2.09. The lowest BCUT2D eigenvalue weighted by molar-refractivity contribution is -0.0107. The molecule has 0 aliphatic carbocycles. The molecule has 3 heteroatoms. The Morgan fingerprint density at radius 1 is 1.39 bits per heavy atom. The minimum atomic E-state index is -0.909. The number of nitrogens with one attached hydrogen (secondary N) is 1. The third-order valence-corrected chi connectivity index (χ3v) is 3.42. The second-order valence-corrected chi connectivity index (χ2v) is 5.06. The Morgan fingerprint density at radius 3 is 2.56 bits per heavy atom. The third kappa shape index (κ3) is 3.03. The summed E-state index contributed by atoms with van der Waals surface area (Å²) in [5.41, 5.74) is 1.08. The maximum atomic E-state index is 11.0. The molecule has 0 spiro atoms. The lowest BCUT2D eigenvalue weighted by atomic mass is 9.82. The second kappa shape index (κ2) is 6.21. The van der Waals surface area contributed by atoms with E-state index in [4.69, 9.17) is 4.74 Å². The standard InChI is InChI=1S/C15H25NO2/c1-6-16-10-15(17,11(2)3)13-9-12(4)7-8-14(13)18-5/h7-9,11,16-17H,6,10H2,1-5H3. The Morgan fingerprint density at radius 2 is 2.06 bits per heavy atom. The van der Waals surface area contributed by atoms with Gasteiger partial charge in [0, 0.05) is 12.1 Å². The molecule has 0 heterocycles. The van der Waals surface area contributed by atoms with Crippen LogP contribution in [0.15, 0.2) is 18.2 Å². The summed E-state index contributed by atoms with van der Waals surface area (Å²) in [6.07, 6.45) is 0. The Kier molecular flexibility index (Phi) is 5.17. The van der Waals surface area contributed by atoms with Gasteiger partial charge in [0.25, 0.3) is 0 Å². The Labute approximate surface area is 110 Å². The van der Waals surface area contributed by atoms with Crippen molar-refractivity contribution in [2.75, 3.05) is 20.2 Å². The molecule has 0 radical (unpaired) electrons. The van der Waals surface area contributed by atoms with Crippen LogP contribution in [-0.4, -0.2) is 25.3 Å². The monoisotopic (exact) mass is 251 g/mol. The number of likely N-dealkylation sites (N-methyl/N-ethyl adjacent to an activating group) is 1. The van der Waals surface area contributed by atoms with Crippen molar-refractivity contribution in [2.45, 2.75) is 33.3 Å². The Hall–Kier alpha value is -1.06. The largest absolute Gasteiger partial charge is 0.496 e. The maximum absolute atomic E-state index is 11.0. The molecule has 1 aromatic rings. The molecule has 1 aromatic carbocycles. The van der Waals surface area contributed by atoms with Crippen molar-refractivity contribution in [3.05, 3.63) is 29.3 Å². The van der Waals surface area contributed by atoms with E-state index in [-0.39, 0.29) is 5.92 Å². The van der Waals surface area contributed by atoms with Gasteiger partial charge in [-0.1, -0.05) is 32.4 Å². The molecule has 0 amide bonds. The summed E-state index contributed by atoms with van der Waals surface area (Å²) in [6.45, 7) is 9.48. The van der Waals surface area contributed by atoms with Crippen molar-refractivity contribution in [3.8, 4) is 5.75 Å². The number of ether oxygens (including phenoxy) is 1. The third-order valence-electron chi connectivity index (χ3n) is 3.42. The van der Waals surface area contributed by atoms with Crippen molar-refractivity contribution in [1.29, 1.82) is 0 Å². The van der Waals surface area contributed by atoms with Crippen LogP contribution < -0.4 is 10.1 Å². The summed E-state index contributed by atoms with van der Waals surface area (Å²) in [6, 6.07) is 5.93. The lowest BCUT2D eigenvalue weighted by Crippen LogP contribution is -2.42. The highest BCUT2D eigenvalue weighted by Gasteiger charge is 2.35. The van der Waals surface area contributed by atoms with E-state index in [0.29, 0.717) is 6.54 Å². The zero-order chi connectivity index (χ0) is 13.8. The summed E-state index contributed by atoms with van der Waals surface area (Å²) in [7, 11) is 1.64. The molecule has 0 bridgehead atoms. The van der Waals surface area contributed by atoms with Crippen molar-refractivity contribution in [3.63, 3.8) is 0 Å². The molecule has 0 aliphatic heterocycles. The number of rotatable bonds is 6. The molecular weight excluding hydrogens is 226 g/mol. The zero-order valence-corrected chi connectivity index (χ0v) is 12.1. The van der Waals surface area contributed by atoms with Crippen LogP contribution in [0.4, 0.5) is 0 Å². The van der Waals surface area contributed by atoms with Gasteiger partial charge in [0.1, 0.15) is 11.4 Å². The van der Waals surface area contributed by atoms with Gasteiger partial charge >= 0.3 is 0 Å². The summed E-state index contributed by atoms with van der Waals surface area (Å²) in [5, 5.41) is 14.2. The van der Waals surface area contributed by atoms with Crippen molar-refractivity contribution >= 4 is 0 Å². The minimum absolute atomic E-state index is 0.104. The van der Waals surface area contributed by atoms with Gasteiger partial charge in [-0.25, -0.2) is 0 Å². The molecule has 2 N–H and O–H groups in total. The predicted molar refractivity (Wildman–Crippen MR) is 75.0 cm³/mol. The number of methoxy groups -OCH3 is 1. The Bertz CT molecular complexity index is 390. The summed E-state index contributed by atoms with van der Waals surface area (Å²) in [4.78, 5) is 0. The van der Waals surface area contributed by atoms with E-state index in [1.54, 1.807) is 7.11 Å².